The third-order valence-corrected chi connectivity index (χ3v) is 3.25. The lowest BCUT2D eigenvalue weighted by molar-refractivity contribution is 0.504. The van der Waals surface area contributed by atoms with E-state index in [4.69, 9.17) is 10.7 Å². The maximum atomic E-state index is 10.9. The summed E-state index contributed by atoms with van der Waals surface area (Å²) >= 11 is 0. The van der Waals surface area contributed by atoms with Crippen LogP contribution in [0.3, 0.4) is 0 Å². The molecule has 0 aliphatic heterocycles. The van der Waals surface area contributed by atoms with Crippen molar-refractivity contribution in [2.45, 2.75) is 0 Å². The quantitative estimate of drug-likeness (QED) is 0.734. The summed E-state index contributed by atoms with van der Waals surface area (Å²) in [5.74, 6) is 0.197. The fourth-order valence-corrected chi connectivity index (χ4v) is 2.55. The number of hydrogen-bond donors (Lipinski definition) is 1. The van der Waals surface area contributed by atoms with Crippen molar-refractivity contribution in [3.05, 3.63) is 42.5 Å². The van der Waals surface area contributed by atoms with E-state index >= 15 is 0 Å². The fourth-order valence-electron chi connectivity index (χ4n) is 1.99. The van der Waals surface area contributed by atoms with Gasteiger partial charge < -0.3 is 9.17 Å². The number of halogens is 1. The Morgan fingerprint density at radius 1 is 1.00 bits per heavy atom. The highest BCUT2D eigenvalue weighted by Gasteiger charge is 2.10. The molecule has 3 aromatic rings. The van der Waals surface area contributed by atoms with Gasteiger partial charge in [0.25, 0.3) is 0 Å². The molecule has 2 aromatic carbocycles. The van der Waals surface area contributed by atoms with Gasteiger partial charge in [0.15, 0.2) is 0 Å². The number of hydrogen-bond acceptors (Lipinski definition) is 3. The van der Waals surface area contributed by atoms with E-state index in [1.54, 1.807) is 18.2 Å². The van der Waals surface area contributed by atoms with E-state index in [1.807, 2.05) is 24.3 Å². The third kappa shape index (κ3) is 2.02. The van der Waals surface area contributed by atoms with Crippen molar-refractivity contribution in [1.82, 2.24) is 4.98 Å². The first-order chi connectivity index (χ1) is 8.53. The SMILES string of the molecule is O=S(=O)(Cl)Oc1ccc2[nH]c3ccccc3c2c1. The number of rotatable bonds is 2. The second-order valence-electron chi connectivity index (χ2n) is 3.85. The van der Waals surface area contributed by atoms with E-state index in [0.717, 1.165) is 21.8 Å². The van der Waals surface area contributed by atoms with Crippen LogP contribution in [0.4, 0.5) is 0 Å². The van der Waals surface area contributed by atoms with Crippen molar-refractivity contribution in [1.29, 1.82) is 0 Å². The normalized spacial score (nSPS) is 12.1. The molecule has 3 rings (SSSR count). The Balaban J connectivity index is 2.24. The molecule has 0 atom stereocenters. The monoisotopic (exact) mass is 281 g/mol. The molecule has 4 nitrogen and oxygen atoms in total. The van der Waals surface area contributed by atoms with Crippen molar-refractivity contribution in [2.75, 3.05) is 0 Å². The predicted molar refractivity (Wildman–Crippen MR) is 71.2 cm³/mol. The Bertz CT molecular complexity index is 839. The summed E-state index contributed by atoms with van der Waals surface area (Å²) in [5, 5.41) is 1.90. The highest BCUT2D eigenvalue weighted by Crippen LogP contribution is 2.29. The molecule has 1 heterocycles. The largest absolute Gasteiger partial charge is 0.401 e. The average molecular weight is 282 g/mol. The second-order valence-corrected chi connectivity index (χ2v) is 5.94. The Morgan fingerprint density at radius 2 is 1.72 bits per heavy atom. The number of aromatic amines is 1. The standard InChI is InChI=1S/C12H8ClNO3S/c13-18(15,16)17-8-5-6-12-10(7-8)9-3-1-2-4-11(9)14-12/h1-7,14H. The van der Waals surface area contributed by atoms with Gasteiger partial charge in [-0.15, -0.1) is 0 Å². The number of para-hydroxylation sites is 1. The van der Waals surface area contributed by atoms with Crippen molar-refractivity contribution in [2.24, 2.45) is 0 Å². The first-order valence-electron chi connectivity index (χ1n) is 5.17. The summed E-state index contributed by atoms with van der Waals surface area (Å²) in [6, 6.07) is 12.7. The van der Waals surface area contributed by atoms with Gasteiger partial charge in [-0.05, 0) is 24.3 Å². The van der Waals surface area contributed by atoms with E-state index in [1.165, 1.54) is 0 Å². The molecule has 0 fully saturated rings. The minimum Gasteiger partial charge on any atom is -0.371 e. The molecule has 0 saturated carbocycles. The van der Waals surface area contributed by atoms with Crippen LogP contribution in [-0.4, -0.2) is 13.4 Å². The number of H-pyrrole nitrogens is 1. The smallest absolute Gasteiger partial charge is 0.371 e. The summed E-state index contributed by atoms with van der Waals surface area (Å²) in [4.78, 5) is 3.23. The van der Waals surface area contributed by atoms with Gasteiger partial charge in [-0.2, -0.15) is 8.42 Å². The van der Waals surface area contributed by atoms with Gasteiger partial charge in [0.05, 0.1) is 10.7 Å². The summed E-state index contributed by atoms with van der Waals surface area (Å²) in [6.45, 7) is 0. The zero-order chi connectivity index (χ0) is 12.8. The number of nitrogens with one attached hydrogen (secondary N) is 1. The van der Waals surface area contributed by atoms with Crippen LogP contribution in [-0.2, 0) is 9.33 Å². The zero-order valence-corrected chi connectivity index (χ0v) is 10.6. The molecular formula is C12H8ClNO3S. The highest BCUT2D eigenvalue weighted by atomic mass is 35.7. The molecule has 1 aromatic heterocycles. The first-order valence-corrected chi connectivity index (χ1v) is 7.41. The van der Waals surface area contributed by atoms with Crippen LogP contribution in [0, 0.1) is 0 Å². The maximum absolute atomic E-state index is 10.9. The maximum Gasteiger partial charge on any atom is 0.401 e. The van der Waals surface area contributed by atoms with Gasteiger partial charge in [0.2, 0.25) is 0 Å². The molecule has 6 heteroatoms. The minimum atomic E-state index is -4.02. The van der Waals surface area contributed by atoms with Gasteiger partial charge in [0.1, 0.15) is 5.75 Å². The van der Waals surface area contributed by atoms with Crippen LogP contribution in [0.25, 0.3) is 21.8 Å². The van der Waals surface area contributed by atoms with Crippen molar-refractivity contribution in [3.63, 3.8) is 0 Å². The second kappa shape index (κ2) is 3.90. The lowest BCUT2D eigenvalue weighted by Gasteiger charge is -2.00. The molecule has 0 aliphatic rings. The van der Waals surface area contributed by atoms with Gasteiger partial charge in [0, 0.05) is 21.8 Å². The Kier molecular flexibility index (Phi) is 2.46. The molecule has 0 radical (unpaired) electrons. The van der Waals surface area contributed by atoms with Crippen LogP contribution >= 0.6 is 10.7 Å². The molecule has 0 amide bonds. The third-order valence-electron chi connectivity index (χ3n) is 2.67. The first kappa shape index (κ1) is 11.4. The van der Waals surface area contributed by atoms with E-state index in [9.17, 15) is 8.42 Å². The van der Waals surface area contributed by atoms with Crippen molar-refractivity contribution < 1.29 is 12.6 Å². The summed E-state index contributed by atoms with van der Waals surface area (Å²) in [7, 11) is 1.03. The predicted octanol–water partition coefficient (Wildman–Crippen LogP) is 3.18. The Labute approximate surface area is 108 Å². The van der Waals surface area contributed by atoms with E-state index in [2.05, 4.69) is 9.17 Å². The van der Waals surface area contributed by atoms with Gasteiger partial charge >= 0.3 is 9.33 Å². The molecule has 0 unspecified atom stereocenters. The van der Waals surface area contributed by atoms with Gasteiger partial charge in [-0.1, -0.05) is 18.2 Å². The molecule has 1 N–H and O–H groups in total. The van der Waals surface area contributed by atoms with Crippen LogP contribution in [0.1, 0.15) is 0 Å². The molecule has 92 valence electrons. The van der Waals surface area contributed by atoms with Crippen LogP contribution < -0.4 is 4.18 Å². The highest BCUT2D eigenvalue weighted by molar-refractivity contribution is 8.10. The van der Waals surface area contributed by atoms with E-state index < -0.39 is 9.33 Å². The Morgan fingerprint density at radius 3 is 2.50 bits per heavy atom. The molecule has 0 aliphatic carbocycles. The Hall–Kier alpha value is -1.72. The molecule has 0 saturated heterocycles. The topological polar surface area (TPSA) is 59.2 Å². The number of benzene rings is 2. The lowest BCUT2D eigenvalue weighted by Crippen LogP contribution is -1.99. The van der Waals surface area contributed by atoms with Crippen LogP contribution in [0.5, 0.6) is 5.75 Å². The lowest BCUT2D eigenvalue weighted by atomic mass is 10.1. The summed E-state index contributed by atoms with van der Waals surface area (Å²) < 4.78 is 26.4. The molecule has 0 spiro atoms. The van der Waals surface area contributed by atoms with Gasteiger partial charge in [-0.3, -0.25) is 0 Å². The van der Waals surface area contributed by atoms with E-state index in [-0.39, 0.29) is 5.75 Å². The fraction of sp³-hybridized carbons (Fsp3) is 0. The zero-order valence-electron chi connectivity index (χ0n) is 9.05. The van der Waals surface area contributed by atoms with Crippen molar-refractivity contribution >= 4 is 41.8 Å². The molecule has 0 bridgehead atoms. The molecular weight excluding hydrogens is 274 g/mol. The van der Waals surface area contributed by atoms with E-state index in [0.29, 0.717) is 0 Å². The van der Waals surface area contributed by atoms with Gasteiger partial charge in [-0.25, -0.2) is 0 Å². The molecule has 18 heavy (non-hydrogen) atoms. The summed E-state index contributed by atoms with van der Waals surface area (Å²) in [6.07, 6.45) is 0. The van der Waals surface area contributed by atoms with Crippen molar-refractivity contribution in [3.8, 4) is 5.75 Å². The minimum absolute atomic E-state index is 0.197. The average Bonchev–Trinajstić information content (AvgIpc) is 2.65. The van der Waals surface area contributed by atoms with Crippen LogP contribution in [0.2, 0.25) is 0 Å². The summed E-state index contributed by atoms with van der Waals surface area (Å²) in [5.41, 5.74) is 1.90. The van der Waals surface area contributed by atoms with Crippen LogP contribution in [0.15, 0.2) is 42.5 Å². The number of fused-ring (bicyclic) bond motifs is 3. The number of aromatic nitrogens is 1.